The molecule has 0 atom stereocenters. The van der Waals surface area contributed by atoms with Crippen LogP contribution >= 0.6 is 0 Å². The lowest BCUT2D eigenvalue weighted by Crippen LogP contribution is -1.99. The Balaban J connectivity index is 2.28. The van der Waals surface area contributed by atoms with Gasteiger partial charge >= 0.3 is 5.97 Å². The van der Waals surface area contributed by atoms with E-state index < -0.39 is 5.97 Å². The molecular weight excluding hydrogens is 252 g/mol. The number of imidazole rings is 1. The largest absolute Gasteiger partial charge is 0.478 e. The van der Waals surface area contributed by atoms with E-state index in [2.05, 4.69) is 24.9 Å². The van der Waals surface area contributed by atoms with Gasteiger partial charge < -0.3 is 5.11 Å². The first-order valence-corrected chi connectivity index (χ1v) is 6.35. The fourth-order valence-electron chi connectivity index (χ4n) is 2.33. The number of rotatable bonds is 2. The summed E-state index contributed by atoms with van der Waals surface area (Å²) >= 11 is 0. The van der Waals surface area contributed by atoms with E-state index >= 15 is 0 Å². The lowest BCUT2D eigenvalue weighted by Gasteiger charge is -2.10. The first-order chi connectivity index (χ1) is 9.58. The maximum Gasteiger partial charge on any atom is 0.335 e. The minimum Gasteiger partial charge on any atom is -0.478 e. The van der Waals surface area contributed by atoms with E-state index in [1.54, 1.807) is 24.5 Å². The molecule has 1 heterocycles. The second-order valence-electron chi connectivity index (χ2n) is 4.84. The number of carbonyl (C=O) groups is 1. The summed E-state index contributed by atoms with van der Waals surface area (Å²) in [5.41, 5.74) is 5.24. The summed E-state index contributed by atoms with van der Waals surface area (Å²) < 4.78 is 1.93. The lowest BCUT2D eigenvalue weighted by molar-refractivity contribution is 0.0697. The third kappa shape index (κ3) is 1.86. The predicted molar refractivity (Wildman–Crippen MR) is 77.5 cm³/mol. The van der Waals surface area contributed by atoms with Crippen LogP contribution in [0.4, 0.5) is 0 Å². The number of aromatic nitrogens is 2. The van der Waals surface area contributed by atoms with Gasteiger partial charge in [0.05, 0.1) is 22.3 Å². The molecule has 4 nitrogen and oxygen atoms in total. The summed E-state index contributed by atoms with van der Waals surface area (Å²) in [5, 5.41) is 9.11. The zero-order valence-electron chi connectivity index (χ0n) is 11.3. The van der Waals surface area contributed by atoms with Crippen LogP contribution in [0.2, 0.25) is 0 Å². The molecule has 100 valence electrons. The van der Waals surface area contributed by atoms with Gasteiger partial charge in [-0.15, -0.1) is 0 Å². The molecule has 0 aliphatic carbocycles. The van der Waals surface area contributed by atoms with Crippen LogP contribution in [0.1, 0.15) is 21.5 Å². The number of hydrogen-bond donors (Lipinski definition) is 1. The Morgan fingerprint density at radius 2 is 2.00 bits per heavy atom. The van der Waals surface area contributed by atoms with Gasteiger partial charge in [-0.3, -0.25) is 4.57 Å². The van der Waals surface area contributed by atoms with Crippen molar-refractivity contribution in [3.8, 4) is 5.69 Å². The Morgan fingerprint density at radius 3 is 2.75 bits per heavy atom. The molecule has 0 aliphatic heterocycles. The van der Waals surface area contributed by atoms with Gasteiger partial charge in [-0.05, 0) is 49.2 Å². The standard InChI is InChI=1S/C16H14N2O2/c1-10-4-3-5-14(11(10)2)18-9-17-13-7-6-12(16(19)20)8-15(13)18/h3-9H,1-2H3,(H,19,20). The zero-order valence-corrected chi connectivity index (χ0v) is 11.3. The Morgan fingerprint density at radius 1 is 1.20 bits per heavy atom. The highest BCUT2D eigenvalue weighted by atomic mass is 16.4. The second kappa shape index (κ2) is 4.49. The van der Waals surface area contributed by atoms with Crippen molar-refractivity contribution < 1.29 is 9.90 Å². The van der Waals surface area contributed by atoms with Crippen LogP contribution < -0.4 is 0 Å². The number of hydrogen-bond acceptors (Lipinski definition) is 2. The maximum atomic E-state index is 11.1. The molecule has 0 saturated carbocycles. The Kier molecular flexibility index (Phi) is 2.79. The summed E-state index contributed by atoms with van der Waals surface area (Å²) in [6.07, 6.45) is 1.73. The maximum absolute atomic E-state index is 11.1. The molecular formula is C16H14N2O2. The van der Waals surface area contributed by atoms with E-state index in [9.17, 15) is 4.79 Å². The van der Waals surface area contributed by atoms with Gasteiger partial charge in [-0.1, -0.05) is 12.1 Å². The van der Waals surface area contributed by atoms with Crippen LogP contribution in [0.25, 0.3) is 16.7 Å². The van der Waals surface area contributed by atoms with E-state index in [-0.39, 0.29) is 5.56 Å². The first kappa shape index (κ1) is 12.4. The molecule has 2 aromatic carbocycles. The average molecular weight is 266 g/mol. The van der Waals surface area contributed by atoms with Crippen LogP contribution in [-0.4, -0.2) is 20.6 Å². The van der Waals surface area contributed by atoms with Crippen LogP contribution in [0.3, 0.4) is 0 Å². The molecule has 0 saturated heterocycles. The van der Waals surface area contributed by atoms with E-state index in [1.807, 2.05) is 16.7 Å². The molecule has 3 aromatic rings. The number of aromatic carboxylic acids is 1. The normalized spacial score (nSPS) is 10.9. The van der Waals surface area contributed by atoms with Crippen molar-refractivity contribution in [2.24, 2.45) is 0 Å². The summed E-state index contributed by atoms with van der Waals surface area (Å²) in [6, 6.07) is 11.0. The van der Waals surface area contributed by atoms with Crippen LogP contribution in [-0.2, 0) is 0 Å². The van der Waals surface area contributed by atoms with Gasteiger partial charge in [0.25, 0.3) is 0 Å². The Labute approximate surface area is 116 Å². The van der Waals surface area contributed by atoms with Gasteiger partial charge in [0.1, 0.15) is 6.33 Å². The number of fused-ring (bicyclic) bond motifs is 1. The van der Waals surface area contributed by atoms with Crippen molar-refractivity contribution in [3.05, 3.63) is 59.4 Å². The monoisotopic (exact) mass is 266 g/mol. The number of nitrogens with zero attached hydrogens (tertiary/aromatic N) is 2. The highest BCUT2D eigenvalue weighted by molar-refractivity contribution is 5.92. The molecule has 0 radical (unpaired) electrons. The Bertz CT molecular complexity index is 818. The van der Waals surface area contributed by atoms with Gasteiger partial charge in [0.15, 0.2) is 0 Å². The number of aryl methyl sites for hydroxylation is 1. The third-order valence-corrected chi connectivity index (χ3v) is 3.63. The second-order valence-corrected chi connectivity index (χ2v) is 4.84. The van der Waals surface area contributed by atoms with Gasteiger partial charge in [-0.2, -0.15) is 0 Å². The molecule has 3 rings (SSSR count). The molecule has 0 spiro atoms. The SMILES string of the molecule is Cc1cccc(-n2cnc3ccc(C(=O)O)cc32)c1C. The van der Waals surface area contributed by atoms with Crippen molar-refractivity contribution in [2.75, 3.05) is 0 Å². The molecule has 0 amide bonds. The minimum absolute atomic E-state index is 0.268. The summed E-state index contributed by atoms with van der Waals surface area (Å²) in [7, 11) is 0. The van der Waals surface area contributed by atoms with Crippen LogP contribution in [0.5, 0.6) is 0 Å². The van der Waals surface area contributed by atoms with Gasteiger partial charge in [0.2, 0.25) is 0 Å². The van der Waals surface area contributed by atoms with Crippen LogP contribution in [0, 0.1) is 13.8 Å². The van der Waals surface area contributed by atoms with Crippen molar-refractivity contribution in [1.29, 1.82) is 0 Å². The Hall–Kier alpha value is -2.62. The number of carboxylic acid groups (broad SMARTS) is 1. The number of carboxylic acids is 1. The molecule has 4 heteroatoms. The average Bonchev–Trinajstić information content (AvgIpc) is 2.84. The molecule has 1 N–H and O–H groups in total. The van der Waals surface area contributed by atoms with E-state index in [1.165, 1.54) is 5.56 Å². The van der Waals surface area contributed by atoms with Gasteiger partial charge in [0, 0.05) is 0 Å². The predicted octanol–water partition coefficient (Wildman–Crippen LogP) is 3.34. The fourth-order valence-corrected chi connectivity index (χ4v) is 2.33. The van der Waals surface area contributed by atoms with E-state index in [4.69, 9.17) is 5.11 Å². The van der Waals surface area contributed by atoms with Crippen LogP contribution in [0.15, 0.2) is 42.7 Å². The lowest BCUT2D eigenvalue weighted by atomic mass is 10.1. The molecule has 0 unspecified atom stereocenters. The zero-order chi connectivity index (χ0) is 14.3. The van der Waals surface area contributed by atoms with E-state index in [0.29, 0.717) is 0 Å². The number of benzene rings is 2. The topological polar surface area (TPSA) is 55.1 Å². The molecule has 0 fully saturated rings. The van der Waals surface area contributed by atoms with Crippen molar-refractivity contribution >= 4 is 17.0 Å². The molecule has 0 aliphatic rings. The van der Waals surface area contributed by atoms with Crippen molar-refractivity contribution in [2.45, 2.75) is 13.8 Å². The summed E-state index contributed by atoms with van der Waals surface area (Å²) in [6.45, 7) is 4.11. The van der Waals surface area contributed by atoms with E-state index in [0.717, 1.165) is 22.3 Å². The van der Waals surface area contributed by atoms with Crippen molar-refractivity contribution in [1.82, 2.24) is 9.55 Å². The smallest absolute Gasteiger partial charge is 0.335 e. The fraction of sp³-hybridized carbons (Fsp3) is 0.125. The molecule has 1 aromatic heterocycles. The van der Waals surface area contributed by atoms with Gasteiger partial charge in [-0.25, -0.2) is 9.78 Å². The molecule has 20 heavy (non-hydrogen) atoms. The van der Waals surface area contributed by atoms with Crippen molar-refractivity contribution in [3.63, 3.8) is 0 Å². The quantitative estimate of drug-likeness (QED) is 0.774. The third-order valence-electron chi connectivity index (χ3n) is 3.63. The highest BCUT2D eigenvalue weighted by Gasteiger charge is 2.11. The first-order valence-electron chi connectivity index (χ1n) is 6.35. The minimum atomic E-state index is -0.930. The summed E-state index contributed by atoms with van der Waals surface area (Å²) in [4.78, 5) is 15.4. The molecule has 0 bridgehead atoms. The highest BCUT2D eigenvalue weighted by Crippen LogP contribution is 2.23. The summed E-state index contributed by atoms with van der Waals surface area (Å²) in [5.74, 6) is -0.930.